The minimum atomic E-state index is -1.26. The van der Waals surface area contributed by atoms with Crippen molar-refractivity contribution in [3.63, 3.8) is 0 Å². The second-order valence-corrected chi connectivity index (χ2v) is 8.01. The van der Waals surface area contributed by atoms with Crippen molar-refractivity contribution in [2.45, 2.75) is 25.3 Å². The molecule has 7 nitrogen and oxygen atoms in total. The largest absolute Gasteiger partial charge is 0.325 e. The highest BCUT2D eigenvalue weighted by Gasteiger charge is 2.49. The van der Waals surface area contributed by atoms with Crippen molar-refractivity contribution < 1.29 is 19.2 Å². The fourth-order valence-corrected chi connectivity index (χ4v) is 3.93. The molecule has 0 bridgehead atoms. The second kappa shape index (κ2) is 7.57. The maximum Gasteiger partial charge on any atom is 0.325 e. The highest BCUT2D eigenvalue weighted by Crippen LogP contribution is 2.30. The predicted molar refractivity (Wildman–Crippen MR) is 111 cm³/mol. The molecule has 2 fully saturated rings. The lowest BCUT2D eigenvalue weighted by atomic mass is 9.92. The Morgan fingerprint density at radius 1 is 1.07 bits per heavy atom. The number of rotatable bonds is 5. The average molecular weight is 426 g/mol. The van der Waals surface area contributed by atoms with Gasteiger partial charge in [0.2, 0.25) is 5.91 Å². The summed E-state index contributed by atoms with van der Waals surface area (Å²) in [7, 11) is 0. The van der Waals surface area contributed by atoms with Crippen LogP contribution in [0.5, 0.6) is 0 Å². The Kier molecular flexibility index (Phi) is 5.07. The van der Waals surface area contributed by atoms with E-state index in [0.29, 0.717) is 29.1 Å². The van der Waals surface area contributed by atoms with Crippen molar-refractivity contribution in [3.8, 4) is 0 Å². The Labute approximate surface area is 178 Å². The first-order chi connectivity index (χ1) is 14.3. The number of carbonyl (C=O) groups is 4. The van der Waals surface area contributed by atoms with Crippen LogP contribution in [-0.2, 0) is 15.1 Å². The zero-order valence-corrected chi connectivity index (χ0v) is 17.1. The molecule has 0 aliphatic carbocycles. The highest BCUT2D eigenvalue weighted by atomic mass is 35.5. The van der Waals surface area contributed by atoms with E-state index in [1.54, 1.807) is 60.4 Å². The molecule has 1 atom stereocenters. The SMILES string of the molecule is C[C@@]1(c2ccc(Cl)cc2)NC(=O)N(CC(=O)c2ccc(N3CCCC3=O)cc2)C1=O. The fraction of sp³-hybridized carbons (Fsp3) is 0.273. The lowest BCUT2D eigenvalue weighted by Gasteiger charge is -2.22. The number of urea groups is 1. The summed E-state index contributed by atoms with van der Waals surface area (Å²) in [6.07, 6.45) is 1.34. The van der Waals surface area contributed by atoms with Crippen LogP contribution in [0.1, 0.15) is 35.7 Å². The van der Waals surface area contributed by atoms with Gasteiger partial charge in [-0.05, 0) is 55.3 Å². The molecule has 8 heteroatoms. The number of hydrogen-bond donors (Lipinski definition) is 1. The monoisotopic (exact) mass is 425 g/mol. The van der Waals surface area contributed by atoms with Crippen LogP contribution < -0.4 is 10.2 Å². The third-order valence-corrected chi connectivity index (χ3v) is 5.82. The normalized spacial score (nSPS) is 21.3. The van der Waals surface area contributed by atoms with E-state index in [9.17, 15) is 19.2 Å². The highest BCUT2D eigenvalue weighted by molar-refractivity contribution is 6.30. The topological polar surface area (TPSA) is 86.8 Å². The number of anilines is 1. The van der Waals surface area contributed by atoms with Crippen LogP contribution in [0.4, 0.5) is 10.5 Å². The number of imide groups is 1. The molecule has 2 aliphatic rings. The number of nitrogens with zero attached hydrogens (tertiary/aromatic N) is 2. The van der Waals surface area contributed by atoms with Crippen molar-refractivity contribution in [3.05, 3.63) is 64.7 Å². The molecular weight excluding hydrogens is 406 g/mol. The van der Waals surface area contributed by atoms with E-state index in [-0.39, 0.29) is 18.2 Å². The molecule has 30 heavy (non-hydrogen) atoms. The molecular formula is C22H20ClN3O4. The van der Waals surface area contributed by atoms with Crippen molar-refractivity contribution in [2.75, 3.05) is 18.0 Å². The van der Waals surface area contributed by atoms with E-state index in [0.717, 1.165) is 17.0 Å². The zero-order chi connectivity index (χ0) is 21.5. The van der Waals surface area contributed by atoms with Crippen molar-refractivity contribution >= 4 is 40.9 Å². The molecule has 4 rings (SSSR count). The first kappa shape index (κ1) is 20.1. The predicted octanol–water partition coefficient (Wildman–Crippen LogP) is 3.12. The standard InChI is InChI=1S/C22H20ClN3O4/c1-22(15-6-8-16(23)9-7-15)20(29)26(21(30)24-22)13-18(27)14-4-10-17(11-5-14)25-12-2-3-19(25)28/h4-11H,2-3,12-13H2,1H3,(H,24,30)/t22-/m0/s1. The molecule has 2 aliphatic heterocycles. The Hall–Kier alpha value is -3.19. The first-order valence-electron chi connectivity index (χ1n) is 9.63. The summed E-state index contributed by atoms with van der Waals surface area (Å²) in [5, 5.41) is 3.19. The van der Waals surface area contributed by atoms with Crippen LogP contribution in [0.25, 0.3) is 0 Å². The van der Waals surface area contributed by atoms with Gasteiger partial charge in [-0.1, -0.05) is 23.7 Å². The molecule has 1 N–H and O–H groups in total. The molecule has 154 valence electrons. The molecule has 0 saturated carbocycles. The van der Waals surface area contributed by atoms with Gasteiger partial charge in [0.1, 0.15) is 5.54 Å². The van der Waals surface area contributed by atoms with Crippen LogP contribution in [0.2, 0.25) is 5.02 Å². The first-order valence-corrected chi connectivity index (χ1v) is 10.0. The minimum absolute atomic E-state index is 0.0647. The maximum atomic E-state index is 13.0. The average Bonchev–Trinajstić information content (AvgIpc) is 3.25. The maximum absolute atomic E-state index is 13.0. The number of benzene rings is 2. The van der Waals surface area contributed by atoms with Gasteiger partial charge in [-0.2, -0.15) is 0 Å². The van der Waals surface area contributed by atoms with Gasteiger partial charge in [0.15, 0.2) is 5.78 Å². The van der Waals surface area contributed by atoms with E-state index in [2.05, 4.69) is 5.32 Å². The van der Waals surface area contributed by atoms with E-state index >= 15 is 0 Å². The van der Waals surface area contributed by atoms with Crippen LogP contribution in [0.15, 0.2) is 48.5 Å². The number of Topliss-reactive ketones (excluding diaryl/α,β-unsaturated/α-hetero) is 1. The van der Waals surface area contributed by atoms with E-state index in [1.807, 2.05) is 0 Å². The van der Waals surface area contributed by atoms with Crippen LogP contribution >= 0.6 is 11.6 Å². The number of nitrogens with one attached hydrogen (secondary N) is 1. The Morgan fingerprint density at radius 2 is 1.73 bits per heavy atom. The molecule has 2 heterocycles. The number of halogens is 1. The smallest absolute Gasteiger partial charge is 0.319 e. The van der Waals surface area contributed by atoms with Crippen LogP contribution in [0, 0.1) is 0 Å². The summed E-state index contributed by atoms with van der Waals surface area (Å²) in [6, 6.07) is 12.6. The Balaban J connectivity index is 1.49. The van der Waals surface area contributed by atoms with Gasteiger partial charge >= 0.3 is 6.03 Å². The molecule has 0 radical (unpaired) electrons. The van der Waals surface area contributed by atoms with E-state index in [4.69, 9.17) is 11.6 Å². The lowest BCUT2D eigenvalue weighted by molar-refractivity contribution is -0.130. The number of hydrogen-bond acceptors (Lipinski definition) is 4. The van der Waals surface area contributed by atoms with Crippen LogP contribution in [-0.4, -0.2) is 41.6 Å². The van der Waals surface area contributed by atoms with Gasteiger partial charge in [-0.25, -0.2) is 4.79 Å². The second-order valence-electron chi connectivity index (χ2n) is 7.57. The van der Waals surface area contributed by atoms with Gasteiger partial charge in [0, 0.05) is 29.2 Å². The van der Waals surface area contributed by atoms with Gasteiger partial charge in [-0.3, -0.25) is 19.3 Å². The van der Waals surface area contributed by atoms with Gasteiger partial charge in [0.25, 0.3) is 5.91 Å². The van der Waals surface area contributed by atoms with Gasteiger partial charge < -0.3 is 10.2 Å². The minimum Gasteiger partial charge on any atom is -0.319 e. The fourth-order valence-electron chi connectivity index (χ4n) is 3.80. The summed E-state index contributed by atoms with van der Waals surface area (Å²) in [5.41, 5.74) is 0.423. The van der Waals surface area contributed by atoms with E-state index in [1.165, 1.54) is 0 Å². The van der Waals surface area contributed by atoms with Gasteiger partial charge in [-0.15, -0.1) is 0 Å². The third kappa shape index (κ3) is 3.45. The summed E-state index contributed by atoms with van der Waals surface area (Å²) in [4.78, 5) is 52.6. The molecule has 2 aromatic rings. The van der Waals surface area contributed by atoms with E-state index < -0.39 is 17.5 Å². The quantitative estimate of drug-likeness (QED) is 0.589. The van der Waals surface area contributed by atoms with Crippen molar-refractivity contribution in [1.82, 2.24) is 10.2 Å². The molecule has 2 aromatic carbocycles. The van der Waals surface area contributed by atoms with Crippen LogP contribution in [0.3, 0.4) is 0 Å². The number of carbonyl (C=O) groups excluding carboxylic acids is 4. The summed E-state index contributed by atoms with van der Waals surface area (Å²) < 4.78 is 0. The zero-order valence-electron chi connectivity index (χ0n) is 16.4. The summed E-state index contributed by atoms with van der Waals surface area (Å²) in [6.45, 7) is 1.90. The summed E-state index contributed by atoms with van der Waals surface area (Å²) >= 11 is 5.91. The molecule has 0 spiro atoms. The molecule has 0 aromatic heterocycles. The number of ketones is 1. The number of amides is 4. The molecule has 0 unspecified atom stereocenters. The molecule has 2 saturated heterocycles. The van der Waals surface area contributed by atoms with Gasteiger partial charge in [0.05, 0.1) is 6.54 Å². The third-order valence-electron chi connectivity index (χ3n) is 5.57. The van der Waals surface area contributed by atoms with Crippen molar-refractivity contribution in [2.24, 2.45) is 0 Å². The Bertz CT molecular complexity index is 1040. The lowest BCUT2D eigenvalue weighted by Crippen LogP contribution is -2.41. The Morgan fingerprint density at radius 3 is 2.33 bits per heavy atom. The summed E-state index contributed by atoms with van der Waals surface area (Å²) in [5.74, 6) is -0.796. The van der Waals surface area contributed by atoms with Crippen molar-refractivity contribution in [1.29, 1.82) is 0 Å². The molecule has 4 amide bonds.